The number of morpholine rings is 1. The van der Waals surface area contributed by atoms with Crippen LogP contribution in [0.25, 0.3) is 22.4 Å². The summed E-state index contributed by atoms with van der Waals surface area (Å²) in [5.41, 5.74) is 4.12. The first-order valence-corrected chi connectivity index (χ1v) is 7.81. The molecule has 0 aliphatic carbocycles. The molecule has 5 nitrogen and oxygen atoms in total. The number of rotatable bonds is 3. The number of methoxy groups -OCH3 is 1. The van der Waals surface area contributed by atoms with Gasteiger partial charge >= 0.3 is 0 Å². The lowest BCUT2D eigenvalue weighted by Crippen LogP contribution is -2.36. The molecule has 0 atom stereocenters. The summed E-state index contributed by atoms with van der Waals surface area (Å²) in [5, 5.41) is 0. The van der Waals surface area contributed by atoms with E-state index in [4.69, 9.17) is 9.47 Å². The normalized spacial score (nSPS) is 15.1. The van der Waals surface area contributed by atoms with Crippen LogP contribution in [0.2, 0.25) is 0 Å². The second-order valence-electron chi connectivity index (χ2n) is 5.59. The number of nitrogens with one attached hydrogen (secondary N) is 1. The highest BCUT2D eigenvalue weighted by molar-refractivity contribution is 5.81. The van der Waals surface area contributed by atoms with Crippen molar-refractivity contribution in [2.75, 3.05) is 38.3 Å². The molecule has 3 aromatic rings. The van der Waals surface area contributed by atoms with Gasteiger partial charge in [-0.25, -0.2) is 4.98 Å². The van der Waals surface area contributed by atoms with Crippen molar-refractivity contribution in [3.63, 3.8) is 0 Å². The van der Waals surface area contributed by atoms with Gasteiger partial charge in [0.2, 0.25) is 0 Å². The minimum atomic E-state index is 0.771. The van der Waals surface area contributed by atoms with Crippen molar-refractivity contribution in [1.82, 2.24) is 9.97 Å². The first kappa shape index (κ1) is 14.1. The van der Waals surface area contributed by atoms with E-state index in [9.17, 15) is 0 Å². The maximum atomic E-state index is 5.61. The Morgan fingerprint density at radius 3 is 2.74 bits per heavy atom. The van der Waals surface area contributed by atoms with E-state index in [1.54, 1.807) is 7.11 Å². The topological polar surface area (TPSA) is 50.4 Å². The molecule has 1 aliphatic heterocycles. The molecule has 0 radical (unpaired) electrons. The monoisotopic (exact) mass is 309 g/mol. The minimum Gasteiger partial charge on any atom is -0.496 e. The predicted octanol–water partition coefficient (Wildman–Crippen LogP) is 3.08. The van der Waals surface area contributed by atoms with Crippen LogP contribution in [-0.2, 0) is 4.74 Å². The molecule has 0 unspecified atom stereocenters. The van der Waals surface area contributed by atoms with Gasteiger partial charge in [0.05, 0.1) is 36.9 Å². The van der Waals surface area contributed by atoms with E-state index in [0.717, 1.165) is 60.2 Å². The Labute approximate surface area is 134 Å². The average molecular weight is 309 g/mol. The Bertz CT molecular complexity index is 789. The van der Waals surface area contributed by atoms with Gasteiger partial charge in [0, 0.05) is 24.8 Å². The van der Waals surface area contributed by atoms with Gasteiger partial charge in [0.25, 0.3) is 0 Å². The molecule has 0 saturated carbocycles. The van der Waals surface area contributed by atoms with Gasteiger partial charge < -0.3 is 19.4 Å². The van der Waals surface area contributed by atoms with Crippen LogP contribution in [0, 0.1) is 0 Å². The van der Waals surface area contributed by atoms with Gasteiger partial charge in [-0.3, -0.25) is 0 Å². The number of anilines is 1. The molecule has 1 fully saturated rings. The van der Waals surface area contributed by atoms with E-state index in [2.05, 4.69) is 33.1 Å². The lowest BCUT2D eigenvalue weighted by molar-refractivity contribution is 0.122. The van der Waals surface area contributed by atoms with Crippen molar-refractivity contribution in [2.45, 2.75) is 0 Å². The number of H-pyrrole nitrogens is 1. The molecule has 2 heterocycles. The van der Waals surface area contributed by atoms with E-state index >= 15 is 0 Å². The second kappa shape index (κ2) is 5.93. The highest BCUT2D eigenvalue weighted by Gasteiger charge is 2.15. The molecular formula is C18H19N3O2. The molecule has 118 valence electrons. The van der Waals surface area contributed by atoms with E-state index in [-0.39, 0.29) is 0 Å². The van der Waals surface area contributed by atoms with E-state index < -0.39 is 0 Å². The molecule has 2 aromatic carbocycles. The summed E-state index contributed by atoms with van der Waals surface area (Å²) in [7, 11) is 1.70. The van der Waals surface area contributed by atoms with Gasteiger partial charge in [0.1, 0.15) is 11.6 Å². The van der Waals surface area contributed by atoms with E-state index in [0.29, 0.717) is 0 Å². The maximum absolute atomic E-state index is 5.61. The summed E-state index contributed by atoms with van der Waals surface area (Å²) in [5.74, 6) is 1.66. The van der Waals surface area contributed by atoms with Crippen LogP contribution in [0.5, 0.6) is 5.75 Å². The quantitative estimate of drug-likeness (QED) is 0.808. The van der Waals surface area contributed by atoms with Crippen molar-refractivity contribution in [3.8, 4) is 17.1 Å². The van der Waals surface area contributed by atoms with Gasteiger partial charge in [-0.2, -0.15) is 0 Å². The largest absolute Gasteiger partial charge is 0.496 e. The first-order valence-electron chi connectivity index (χ1n) is 7.81. The number of aromatic amines is 1. The molecule has 1 aromatic heterocycles. The molecular weight excluding hydrogens is 290 g/mol. The third-order valence-electron chi connectivity index (χ3n) is 4.21. The van der Waals surface area contributed by atoms with Crippen molar-refractivity contribution >= 4 is 16.7 Å². The lowest BCUT2D eigenvalue weighted by atomic mass is 10.1. The molecule has 0 spiro atoms. The van der Waals surface area contributed by atoms with Crippen molar-refractivity contribution in [1.29, 1.82) is 0 Å². The Balaban J connectivity index is 1.73. The Morgan fingerprint density at radius 2 is 1.96 bits per heavy atom. The van der Waals surface area contributed by atoms with Crippen LogP contribution < -0.4 is 9.64 Å². The lowest BCUT2D eigenvalue weighted by Gasteiger charge is -2.29. The summed E-state index contributed by atoms with van der Waals surface area (Å²) in [6, 6.07) is 14.3. The minimum absolute atomic E-state index is 0.771. The highest BCUT2D eigenvalue weighted by Crippen LogP contribution is 2.33. The molecule has 1 N–H and O–H groups in total. The van der Waals surface area contributed by atoms with Crippen molar-refractivity contribution < 1.29 is 9.47 Å². The molecule has 23 heavy (non-hydrogen) atoms. The van der Waals surface area contributed by atoms with Crippen LogP contribution in [0.3, 0.4) is 0 Å². The number of imidazole rings is 1. The van der Waals surface area contributed by atoms with E-state index in [1.165, 1.54) is 0 Å². The van der Waals surface area contributed by atoms with Crippen LogP contribution >= 0.6 is 0 Å². The zero-order chi connectivity index (χ0) is 15.6. The molecule has 5 heteroatoms. The summed E-state index contributed by atoms with van der Waals surface area (Å²) in [6.45, 7) is 3.36. The fraction of sp³-hybridized carbons (Fsp3) is 0.278. The Morgan fingerprint density at radius 1 is 1.13 bits per heavy atom. The van der Waals surface area contributed by atoms with Crippen molar-refractivity contribution in [2.24, 2.45) is 0 Å². The third-order valence-corrected chi connectivity index (χ3v) is 4.21. The number of hydrogen-bond acceptors (Lipinski definition) is 4. The average Bonchev–Trinajstić information content (AvgIpc) is 3.06. The number of nitrogens with zero attached hydrogens (tertiary/aromatic N) is 2. The second-order valence-corrected chi connectivity index (χ2v) is 5.59. The number of aromatic nitrogens is 2. The first-order chi connectivity index (χ1) is 11.3. The van der Waals surface area contributed by atoms with Crippen molar-refractivity contribution in [3.05, 3.63) is 42.5 Å². The number of benzene rings is 2. The molecule has 0 amide bonds. The summed E-state index contributed by atoms with van der Waals surface area (Å²) >= 11 is 0. The van der Waals surface area contributed by atoms with Gasteiger partial charge in [0.15, 0.2) is 0 Å². The SMILES string of the molecule is COc1cc(N2CCOCC2)ccc1-c1nc2ccccc2[nH]1. The zero-order valence-corrected chi connectivity index (χ0v) is 13.1. The number of para-hydroxylation sites is 2. The molecule has 0 bridgehead atoms. The van der Waals surface area contributed by atoms with Gasteiger partial charge in [-0.05, 0) is 24.3 Å². The van der Waals surface area contributed by atoms with Crippen LogP contribution in [0.4, 0.5) is 5.69 Å². The highest BCUT2D eigenvalue weighted by atomic mass is 16.5. The van der Waals surface area contributed by atoms with E-state index in [1.807, 2.05) is 24.3 Å². The zero-order valence-electron chi connectivity index (χ0n) is 13.1. The van der Waals surface area contributed by atoms with Gasteiger partial charge in [-0.15, -0.1) is 0 Å². The predicted molar refractivity (Wildman–Crippen MR) is 91.1 cm³/mol. The van der Waals surface area contributed by atoms with Crippen LogP contribution in [0.15, 0.2) is 42.5 Å². The maximum Gasteiger partial charge on any atom is 0.142 e. The van der Waals surface area contributed by atoms with Crippen LogP contribution in [0.1, 0.15) is 0 Å². The summed E-state index contributed by atoms with van der Waals surface area (Å²) < 4.78 is 11.0. The Hall–Kier alpha value is -2.53. The molecule has 1 aliphatic rings. The molecule has 1 saturated heterocycles. The number of ether oxygens (including phenoxy) is 2. The van der Waals surface area contributed by atoms with Gasteiger partial charge in [-0.1, -0.05) is 12.1 Å². The molecule has 4 rings (SSSR count). The number of hydrogen-bond donors (Lipinski definition) is 1. The standard InChI is InChI=1S/C18H19N3O2/c1-22-17-12-13(21-8-10-23-11-9-21)6-7-14(17)18-19-15-4-2-3-5-16(15)20-18/h2-7,12H,8-11H2,1H3,(H,19,20). The smallest absolute Gasteiger partial charge is 0.142 e. The summed E-state index contributed by atoms with van der Waals surface area (Å²) in [6.07, 6.45) is 0. The third kappa shape index (κ3) is 2.64. The fourth-order valence-electron chi connectivity index (χ4n) is 2.97. The fourth-order valence-corrected chi connectivity index (χ4v) is 2.97. The number of fused-ring (bicyclic) bond motifs is 1. The van der Waals surface area contributed by atoms with Crippen LogP contribution in [-0.4, -0.2) is 43.4 Å². The Kier molecular flexibility index (Phi) is 3.63. The summed E-state index contributed by atoms with van der Waals surface area (Å²) in [4.78, 5) is 10.3.